The fraction of sp³-hybridized carbons (Fsp3) is 0.385. The van der Waals surface area contributed by atoms with Gasteiger partial charge in [0.2, 0.25) is 0 Å². The average Bonchev–Trinajstić information content (AvgIpc) is 2.93. The van der Waals surface area contributed by atoms with E-state index >= 15 is 0 Å². The van der Waals surface area contributed by atoms with Gasteiger partial charge in [0.05, 0.1) is 30.9 Å². The lowest BCUT2D eigenvalue weighted by Gasteiger charge is -2.10. The predicted octanol–water partition coefficient (Wildman–Crippen LogP) is 1.79. The molecule has 2 aromatic rings. The molecule has 0 fully saturated rings. The number of esters is 1. The smallest absolute Gasteiger partial charge is 0.337 e. The molecule has 0 spiro atoms. The first-order valence-corrected chi connectivity index (χ1v) is 6.41. The summed E-state index contributed by atoms with van der Waals surface area (Å²) in [4.78, 5) is 11.3. The van der Waals surface area contributed by atoms with Gasteiger partial charge in [0.15, 0.2) is 5.82 Å². The first kappa shape index (κ1) is 14.9. The van der Waals surface area contributed by atoms with Crippen molar-refractivity contribution >= 4 is 11.7 Å². The molecule has 0 unspecified atom stereocenters. The Morgan fingerprint density at radius 3 is 2.86 bits per heavy atom. The number of ether oxygens (including phenoxy) is 1. The number of rotatable bonds is 5. The molecule has 0 aliphatic heterocycles. The summed E-state index contributed by atoms with van der Waals surface area (Å²) in [6.45, 7) is 4.18. The fourth-order valence-corrected chi connectivity index (χ4v) is 1.81. The van der Waals surface area contributed by atoms with Gasteiger partial charge < -0.3 is 10.1 Å². The van der Waals surface area contributed by atoms with E-state index < -0.39 is 11.8 Å². The van der Waals surface area contributed by atoms with Crippen molar-refractivity contribution in [2.75, 3.05) is 12.4 Å². The van der Waals surface area contributed by atoms with Gasteiger partial charge >= 0.3 is 5.97 Å². The summed E-state index contributed by atoms with van der Waals surface area (Å²) in [5, 5.41) is 14.2. The third-order valence-electron chi connectivity index (χ3n) is 2.88. The molecular formula is C13H16FN5O2. The molecule has 0 radical (unpaired) electrons. The molecule has 1 aromatic carbocycles. The van der Waals surface area contributed by atoms with E-state index in [4.69, 9.17) is 0 Å². The van der Waals surface area contributed by atoms with Gasteiger partial charge in [0.1, 0.15) is 5.82 Å². The maximum atomic E-state index is 13.9. The number of carbonyl (C=O) groups excluding carboxylic acids is 1. The quantitative estimate of drug-likeness (QED) is 0.846. The molecule has 0 atom stereocenters. The Kier molecular flexibility index (Phi) is 4.46. The Hall–Kier alpha value is -2.51. The molecule has 1 aromatic heterocycles. The lowest BCUT2D eigenvalue weighted by molar-refractivity contribution is 0.0600. The number of tetrazole rings is 1. The Balaban J connectivity index is 2.10. The normalized spacial score (nSPS) is 10.7. The Morgan fingerprint density at radius 2 is 2.24 bits per heavy atom. The number of benzene rings is 1. The number of methoxy groups -OCH3 is 1. The van der Waals surface area contributed by atoms with Gasteiger partial charge in [-0.3, -0.25) is 0 Å². The van der Waals surface area contributed by atoms with E-state index in [0.717, 1.165) is 6.07 Å². The summed E-state index contributed by atoms with van der Waals surface area (Å²) >= 11 is 0. The number of nitrogens with one attached hydrogen (secondary N) is 1. The fourth-order valence-electron chi connectivity index (χ4n) is 1.81. The molecule has 0 bridgehead atoms. The zero-order valence-electron chi connectivity index (χ0n) is 12.0. The Morgan fingerprint density at radius 1 is 1.48 bits per heavy atom. The summed E-state index contributed by atoms with van der Waals surface area (Å²) in [5.74, 6) is -0.521. The van der Waals surface area contributed by atoms with E-state index in [2.05, 4.69) is 25.6 Å². The molecule has 0 aliphatic carbocycles. The third kappa shape index (κ3) is 3.33. The highest BCUT2D eigenvalue weighted by atomic mass is 19.1. The van der Waals surface area contributed by atoms with E-state index in [9.17, 15) is 9.18 Å². The second-order valence-electron chi connectivity index (χ2n) is 4.67. The van der Waals surface area contributed by atoms with Crippen molar-refractivity contribution in [3.63, 3.8) is 0 Å². The molecule has 1 N–H and O–H groups in total. The van der Waals surface area contributed by atoms with Crippen molar-refractivity contribution in [2.24, 2.45) is 0 Å². The second-order valence-corrected chi connectivity index (χ2v) is 4.67. The predicted molar refractivity (Wildman–Crippen MR) is 73.3 cm³/mol. The molecule has 112 valence electrons. The molecule has 0 saturated heterocycles. The molecule has 21 heavy (non-hydrogen) atoms. The monoisotopic (exact) mass is 293 g/mol. The summed E-state index contributed by atoms with van der Waals surface area (Å²) in [6.07, 6.45) is 0. The molecule has 0 amide bonds. The zero-order valence-corrected chi connectivity index (χ0v) is 12.0. The molecule has 2 rings (SSSR count). The van der Waals surface area contributed by atoms with Crippen molar-refractivity contribution in [3.8, 4) is 0 Å². The second kappa shape index (κ2) is 6.29. The zero-order chi connectivity index (χ0) is 15.4. The Labute approximate surface area is 121 Å². The van der Waals surface area contributed by atoms with Crippen molar-refractivity contribution < 1.29 is 13.9 Å². The van der Waals surface area contributed by atoms with Crippen molar-refractivity contribution in [1.29, 1.82) is 0 Å². The molecule has 8 heteroatoms. The summed E-state index contributed by atoms with van der Waals surface area (Å²) < 4.78 is 20.1. The van der Waals surface area contributed by atoms with Crippen molar-refractivity contribution in [3.05, 3.63) is 35.4 Å². The summed E-state index contributed by atoms with van der Waals surface area (Å²) in [7, 11) is 1.25. The maximum Gasteiger partial charge on any atom is 0.337 e. The summed E-state index contributed by atoms with van der Waals surface area (Å²) in [6, 6.07) is 4.20. The molecule has 0 saturated carbocycles. The van der Waals surface area contributed by atoms with Crippen LogP contribution in [0.1, 0.15) is 36.1 Å². The minimum absolute atomic E-state index is 0.114. The van der Waals surface area contributed by atoms with E-state index in [0.29, 0.717) is 5.82 Å². The number of hydrogen-bond acceptors (Lipinski definition) is 6. The van der Waals surface area contributed by atoms with Crippen LogP contribution in [0.25, 0.3) is 0 Å². The number of carbonyl (C=O) groups is 1. The number of nitrogens with zero attached hydrogens (tertiary/aromatic N) is 4. The van der Waals surface area contributed by atoms with Gasteiger partial charge in [-0.25, -0.2) is 13.9 Å². The lowest BCUT2D eigenvalue weighted by atomic mass is 10.2. The minimum Gasteiger partial charge on any atom is -0.465 e. The van der Waals surface area contributed by atoms with Gasteiger partial charge in [-0.1, -0.05) is 0 Å². The van der Waals surface area contributed by atoms with E-state index in [1.807, 2.05) is 13.8 Å². The SMILES string of the molecule is COC(=O)c1ccc(NCc2nnnn2C(C)C)c(F)c1. The molecule has 0 aliphatic rings. The number of halogens is 1. The van der Waals surface area contributed by atoms with Crippen LogP contribution in [0.2, 0.25) is 0 Å². The molecule has 1 heterocycles. The van der Waals surface area contributed by atoms with Crippen LogP contribution in [0.15, 0.2) is 18.2 Å². The minimum atomic E-state index is -0.579. The van der Waals surface area contributed by atoms with Crippen LogP contribution in [-0.2, 0) is 11.3 Å². The highest BCUT2D eigenvalue weighted by molar-refractivity contribution is 5.89. The topological polar surface area (TPSA) is 81.9 Å². The molecular weight excluding hydrogens is 277 g/mol. The number of aromatic nitrogens is 4. The van der Waals surface area contributed by atoms with Crippen LogP contribution in [-0.4, -0.2) is 33.3 Å². The first-order valence-electron chi connectivity index (χ1n) is 6.41. The Bertz CT molecular complexity index is 641. The largest absolute Gasteiger partial charge is 0.465 e. The van der Waals surface area contributed by atoms with Crippen LogP contribution in [0.5, 0.6) is 0 Å². The average molecular weight is 293 g/mol. The standard InChI is InChI=1S/C13H16FN5O2/c1-8(2)19-12(16-17-18-19)7-15-11-5-4-9(6-10(11)14)13(20)21-3/h4-6,8,15H,7H2,1-3H3. The van der Waals surface area contributed by atoms with E-state index in [1.165, 1.54) is 19.2 Å². The van der Waals surface area contributed by atoms with Gasteiger partial charge in [-0.15, -0.1) is 5.10 Å². The van der Waals surface area contributed by atoms with E-state index in [1.54, 1.807) is 4.68 Å². The van der Waals surface area contributed by atoms with Crippen molar-refractivity contribution in [1.82, 2.24) is 20.2 Å². The van der Waals surface area contributed by atoms with Gasteiger partial charge in [-0.05, 0) is 42.5 Å². The van der Waals surface area contributed by atoms with Crippen LogP contribution >= 0.6 is 0 Å². The van der Waals surface area contributed by atoms with Crippen LogP contribution in [0.3, 0.4) is 0 Å². The third-order valence-corrected chi connectivity index (χ3v) is 2.88. The maximum absolute atomic E-state index is 13.9. The highest BCUT2D eigenvalue weighted by Crippen LogP contribution is 2.17. The number of anilines is 1. The van der Waals surface area contributed by atoms with Crippen LogP contribution in [0.4, 0.5) is 10.1 Å². The van der Waals surface area contributed by atoms with Crippen molar-refractivity contribution in [2.45, 2.75) is 26.4 Å². The van der Waals surface area contributed by atoms with E-state index in [-0.39, 0.29) is 23.8 Å². The lowest BCUT2D eigenvalue weighted by Crippen LogP contribution is -2.12. The van der Waals surface area contributed by atoms with Gasteiger partial charge in [0.25, 0.3) is 0 Å². The number of hydrogen-bond donors (Lipinski definition) is 1. The van der Waals surface area contributed by atoms with Gasteiger partial charge in [0, 0.05) is 0 Å². The van der Waals surface area contributed by atoms with Crippen LogP contribution in [0, 0.1) is 5.82 Å². The summed E-state index contributed by atoms with van der Waals surface area (Å²) in [5.41, 5.74) is 0.425. The first-order chi connectivity index (χ1) is 10.0. The highest BCUT2D eigenvalue weighted by Gasteiger charge is 2.12. The van der Waals surface area contributed by atoms with Crippen LogP contribution < -0.4 is 5.32 Å². The molecule has 7 nitrogen and oxygen atoms in total. The van der Waals surface area contributed by atoms with Gasteiger partial charge in [-0.2, -0.15) is 0 Å².